The molecule has 0 saturated carbocycles. The molecule has 1 aliphatic heterocycles. The van der Waals surface area contributed by atoms with Gasteiger partial charge in [0.2, 0.25) is 21.8 Å². The predicted molar refractivity (Wildman–Crippen MR) is 129 cm³/mol. The summed E-state index contributed by atoms with van der Waals surface area (Å²) in [5, 5.41) is 3.34. The van der Waals surface area contributed by atoms with Gasteiger partial charge in [-0.25, -0.2) is 8.42 Å². The first-order valence-electron chi connectivity index (χ1n) is 10.5. The highest BCUT2D eigenvalue weighted by Gasteiger charge is 2.24. The van der Waals surface area contributed by atoms with Gasteiger partial charge >= 0.3 is 0 Å². The van der Waals surface area contributed by atoms with Crippen LogP contribution in [0.2, 0.25) is 5.02 Å². The minimum atomic E-state index is -3.53. The van der Waals surface area contributed by atoms with Gasteiger partial charge in [-0.05, 0) is 62.1 Å². The van der Waals surface area contributed by atoms with Crippen molar-refractivity contribution in [2.24, 2.45) is 0 Å². The summed E-state index contributed by atoms with van der Waals surface area (Å²) in [4.78, 5) is 26.3. The number of hydrogen-bond donors (Lipinski definition) is 1. The van der Waals surface area contributed by atoms with Crippen molar-refractivity contribution in [1.82, 2.24) is 0 Å². The number of rotatable bonds is 8. The van der Waals surface area contributed by atoms with Crippen molar-refractivity contribution < 1.29 is 18.0 Å². The molecule has 1 heterocycles. The second-order valence-corrected chi connectivity index (χ2v) is 10.3. The topological polar surface area (TPSA) is 86.8 Å². The molecule has 1 saturated heterocycles. The van der Waals surface area contributed by atoms with Gasteiger partial charge in [0.05, 0.1) is 11.9 Å². The third-order valence-corrected chi connectivity index (χ3v) is 7.12. The van der Waals surface area contributed by atoms with E-state index in [4.69, 9.17) is 11.6 Å². The number of carbonyl (C=O) groups excluding carboxylic acids is 2. The van der Waals surface area contributed by atoms with Gasteiger partial charge in [0.15, 0.2) is 0 Å². The number of benzene rings is 2. The zero-order chi connectivity index (χ0) is 23.5. The molecule has 0 unspecified atom stereocenters. The van der Waals surface area contributed by atoms with E-state index in [0.29, 0.717) is 41.3 Å². The summed E-state index contributed by atoms with van der Waals surface area (Å²) < 4.78 is 26.0. The Labute approximate surface area is 194 Å². The number of carbonyl (C=O) groups is 2. The minimum Gasteiger partial charge on any atom is -0.326 e. The number of anilines is 3. The smallest absolute Gasteiger partial charge is 0.232 e. The van der Waals surface area contributed by atoms with Crippen LogP contribution in [-0.2, 0) is 19.6 Å². The van der Waals surface area contributed by atoms with E-state index in [-0.39, 0.29) is 24.8 Å². The summed E-state index contributed by atoms with van der Waals surface area (Å²) in [6.07, 6.45) is 3.00. The molecule has 7 nitrogen and oxygen atoms in total. The van der Waals surface area contributed by atoms with Crippen molar-refractivity contribution in [2.75, 3.05) is 33.9 Å². The maximum Gasteiger partial charge on any atom is 0.232 e. The lowest BCUT2D eigenvalue weighted by Gasteiger charge is -2.24. The standard InChI is InChI=1S/C23H28ClN3O4S/c1-16-11-12-18(15-21(16)26-13-6-10-23(26)29)25-22(28)9-5-14-27(32(3,30)31)20-8-4-7-19(24)17(20)2/h4,7-8,11-12,15H,5-6,9-10,13-14H2,1-3H3,(H,25,28). The molecule has 0 radical (unpaired) electrons. The van der Waals surface area contributed by atoms with Gasteiger partial charge in [-0.3, -0.25) is 13.9 Å². The molecule has 0 aliphatic carbocycles. The van der Waals surface area contributed by atoms with Crippen LogP contribution >= 0.6 is 11.6 Å². The first-order chi connectivity index (χ1) is 15.1. The average Bonchev–Trinajstić information content (AvgIpc) is 3.14. The lowest BCUT2D eigenvalue weighted by Crippen LogP contribution is -2.32. The van der Waals surface area contributed by atoms with E-state index in [2.05, 4.69) is 5.32 Å². The van der Waals surface area contributed by atoms with Gasteiger partial charge in [-0.1, -0.05) is 23.7 Å². The van der Waals surface area contributed by atoms with Crippen LogP contribution in [0.25, 0.3) is 0 Å². The fourth-order valence-corrected chi connectivity index (χ4v) is 5.00. The molecule has 1 fully saturated rings. The Hall–Kier alpha value is -2.58. The molecule has 3 rings (SSSR count). The van der Waals surface area contributed by atoms with E-state index in [1.165, 1.54) is 4.31 Å². The largest absolute Gasteiger partial charge is 0.326 e. The van der Waals surface area contributed by atoms with Crippen LogP contribution in [0.15, 0.2) is 36.4 Å². The van der Waals surface area contributed by atoms with Crippen molar-refractivity contribution in [3.05, 3.63) is 52.5 Å². The maximum atomic E-state index is 12.5. The van der Waals surface area contributed by atoms with Crippen LogP contribution in [0.1, 0.15) is 36.8 Å². The number of sulfonamides is 1. The Bertz CT molecular complexity index is 1130. The van der Waals surface area contributed by atoms with E-state index in [1.54, 1.807) is 36.1 Å². The highest BCUT2D eigenvalue weighted by atomic mass is 35.5. The number of amides is 2. The normalized spacial score (nSPS) is 14.0. The van der Waals surface area contributed by atoms with E-state index >= 15 is 0 Å². The van der Waals surface area contributed by atoms with Gasteiger partial charge in [-0.15, -0.1) is 0 Å². The molecule has 0 aromatic heterocycles. The summed E-state index contributed by atoms with van der Waals surface area (Å²) >= 11 is 6.15. The Morgan fingerprint density at radius 3 is 2.62 bits per heavy atom. The lowest BCUT2D eigenvalue weighted by atomic mass is 10.1. The molecule has 0 atom stereocenters. The molecule has 0 spiro atoms. The quantitative estimate of drug-likeness (QED) is 0.615. The van der Waals surface area contributed by atoms with Crippen molar-refractivity contribution in [3.63, 3.8) is 0 Å². The number of aryl methyl sites for hydroxylation is 1. The molecule has 9 heteroatoms. The third-order valence-electron chi connectivity index (χ3n) is 5.53. The minimum absolute atomic E-state index is 0.0914. The Kier molecular flexibility index (Phi) is 7.46. The number of halogens is 1. The second-order valence-electron chi connectivity index (χ2n) is 8.02. The van der Waals surface area contributed by atoms with Crippen molar-refractivity contribution in [1.29, 1.82) is 0 Å². The zero-order valence-electron chi connectivity index (χ0n) is 18.5. The van der Waals surface area contributed by atoms with E-state index in [0.717, 1.165) is 23.9 Å². The Morgan fingerprint density at radius 2 is 1.97 bits per heavy atom. The molecule has 172 valence electrons. The monoisotopic (exact) mass is 477 g/mol. The average molecular weight is 478 g/mol. The van der Waals surface area contributed by atoms with Gasteiger partial charge in [0.1, 0.15) is 0 Å². The molecule has 2 amide bonds. The molecule has 32 heavy (non-hydrogen) atoms. The predicted octanol–water partition coefficient (Wildman–Crippen LogP) is 4.27. The number of hydrogen-bond acceptors (Lipinski definition) is 4. The van der Waals surface area contributed by atoms with E-state index in [9.17, 15) is 18.0 Å². The molecule has 0 bridgehead atoms. The van der Waals surface area contributed by atoms with Gasteiger partial charge in [-0.2, -0.15) is 0 Å². The first kappa shape index (κ1) is 24.1. The van der Waals surface area contributed by atoms with Crippen LogP contribution in [0, 0.1) is 13.8 Å². The second kappa shape index (κ2) is 9.92. The van der Waals surface area contributed by atoms with Crippen LogP contribution in [0.5, 0.6) is 0 Å². The van der Waals surface area contributed by atoms with Crippen molar-refractivity contribution in [3.8, 4) is 0 Å². The number of nitrogens with one attached hydrogen (secondary N) is 1. The van der Waals surface area contributed by atoms with E-state index in [1.807, 2.05) is 19.1 Å². The first-order valence-corrected chi connectivity index (χ1v) is 12.7. The van der Waals surface area contributed by atoms with Crippen molar-refractivity contribution in [2.45, 2.75) is 39.5 Å². The van der Waals surface area contributed by atoms with Gasteiger partial charge in [0, 0.05) is 42.3 Å². The molecule has 2 aromatic rings. The van der Waals surface area contributed by atoms with Gasteiger partial charge in [0.25, 0.3) is 0 Å². The SMILES string of the molecule is Cc1ccc(NC(=O)CCCN(c2cccc(Cl)c2C)S(C)(=O)=O)cc1N1CCCC1=O. The van der Waals surface area contributed by atoms with Gasteiger partial charge < -0.3 is 10.2 Å². The molecule has 1 aliphatic rings. The fraction of sp³-hybridized carbons (Fsp3) is 0.391. The molecule has 2 aromatic carbocycles. The summed E-state index contributed by atoms with van der Waals surface area (Å²) in [6, 6.07) is 10.6. The lowest BCUT2D eigenvalue weighted by molar-refractivity contribution is -0.117. The highest BCUT2D eigenvalue weighted by Crippen LogP contribution is 2.29. The van der Waals surface area contributed by atoms with Crippen LogP contribution in [0.4, 0.5) is 17.1 Å². The summed E-state index contributed by atoms with van der Waals surface area (Å²) in [5.41, 5.74) is 3.58. The highest BCUT2D eigenvalue weighted by molar-refractivity contribution is 7.92. The Balaban J connectivity index is 1.64. The fourth-order valence-electron chi connectivity index (χ4n) is 3.82. The van der Waals surface area contributed by atoms with Crippen LogP contribution in [-0.4, -0.2) is 39.6 Å². The molecule has 1 N–H and O–H groups in total. The number of nitrogens with zero attached hydrogens (tertiary/aromatic N) is 2. The molecular weight excluding hydrogens is 450 g/mol. The summed E-state index contributed by atoms with van der Waals surface area (Å²) in [6.45, 7) is 4.54. The van der Waals surface area contributed by atoms with E-state index < -0.39 is 10.0 Å². The summed E-state index contributed by atoms with van der Waals surface area (Å²) in [5.74, 6) is -0.127. The zero-order valence-corrected chi connectivity index (χ0v) is 20.1. The third kappa shape index (κ3) is 5.61. The van der Waals surface area contributed by atoms with Crippen LogP contribution < -0.4 is 14.5 Å². The molecular formula is C23H28ClN3O4S. The van der Waals surface area contributed by atoms with Crippen LogP contribution in [0.3, 0.4) is 0 Å². The Morgan fingerprint density at radius 1 is 1.22 bits per heavy atom. The summed E-state index contributed by atoms with van der Waals surface area (Å²) in [7, 11) is -3.53. The van der Waals surface area contributed by atoms with Crippen molar-refractivity contribution >= 4 is 50.5 Å². The maximum absolute atomic E-state index is 12.5.